The lowest BCUT2D eigenvalue weighted by Gasteiger charge is -2.05. The van der Waals surface area contributed by atoms with Crippen LogP contribution in [0.5, 0.6) is 0 Å². The van der Waals surface area contributed by atoms with E-state index in [0.29, 0.717) is 25.5 Å². The van der Waals surface area contributed by atoms with Crippen molar-refractivity contribution in [1.82, 2.24) is 4.57 Å². The van der Waals surface area contributed by atoms with Gasteiger partial charge in [-0.3, -0.25) is 0 Å². The summed E-state index contributed by atoms with van der Waals surface area (Å²) < 4.78 is 6.79. The minimum absolute atomic E-state index is 0.305. The first-order chi connectivity index (χ1) is 6.25. The van der Waals surface area contributed by atoms with Crippen molar-refractivity contribution in [2.24, 2.45) is 0 Å². The maximum atomic E-state index is 10.7. The monoisotopic (exact) mass is 183 g/mol. The predicted octanol–water partition coefficient (Wildman–Crippen LogP) is 1.22. The van der Waals surface area contributed by atoms with E-state index in [1.165, 1.54) is 0 Å². The molecule has 1 heterocycles. The molecule has 0 saturated carbocycles. The third-order valence-corrected chi connectivity index (χ3v) is 1.73. The molecule has 1 aromatic heterocycles. The van der Waals surface area contributed by atoms with Crippen LogP contribution in [0.4, 0.5) is 0 Å². The molecule has 1 N–H and O–H groups in total. The summed E-state index contributed by atoms with van der Waals surface area (Å²) in [4.78, 5) is 10.7. The lowest BCUT2D eigenvalue weighted by molar-refractivity contribution is 0.0681. The van der Waals surface area contributed by atoms with Crippen LogP contribution in [0, 0.1) is 0 Å². The highest BCUT2D eigenvalue weighted by Gasteiger charge is 2.07. The van der Waals surface area contributed by atoms with E-state index in [-0.39, 0.29) is 0 Å². The molecule has 1 aromatic rings. The van der Waals surface area contributed by atoms with Crippen LogP contribution < -0.4 is 0 Å². The van der Waals surface area contributed by atoms with Crippen LogP contribution in [-0.4, -0.2) is 28.9 Å². The fraction of sp³-hybridized carbons (Fsp3) is 0.444. The minimum atomic E-state index is -0.901. The third-order valence-electron chi connectivity index (χ3n) is 1.73. The normalized spacial score (nSPS) is 10.2. The molecule has 72 valence electrons. The maximum absolute atomic E-state index is 10.7. The summed E-state index contributed by atoms with van der Waals surface area (Å²) in [5.41, 5.74) is 0.305. The highest BCUT2D eigenvalue weighted by atomic mass is 16.5. The summed E-state index contributed by atoms with van der Waals surface area (Å²) in [6, 6.07) is 3.30. The Bertz CT molecular complexity index is 280. The van der Waals surface area contributed by atoms with Gasteiger partial charge in [0, 0.05) is 19.3 Å². The van der Waals surface area contributed by atoms with Gasteiger partial charge < -0.3 is 14.4 Å². The van der Waals surface area contributed by atoms with E-state index < -0.39 is 5.97 Å². The topological polar surface area (TPSA) is 51.5 Å². The van der Waals surface area contributed by atoms with Gasteiger partial charge in [0.1, 0.15) is 5.69 Å². The molecule has 0 fully saturated rings. The first kappa shape index (κ1) is 9.80. The summed E-state index contributed by atoms with van der Waals surface area (Å²) in [6.07, 6.45) is 1.74. The number of carboxylic acid groups (broad SMARTS) is 1. The largest absolute Gasteiger partial charge is 0.477 e. The first-order valence-electron chi connectivity index (χ1n) is 4.22. The quantitative estimate of drug-likeness (QED) is 0.698. The summed E-state index contributed by atoms with van der Waals surface area (Å²) >= 11 is 0. The number of carboxylic acids is 1. The molecule has 0 bridgehead atoms. The van der Waals surface area contributed by atoms with Crippen LogP contribution >= 0.6 is 0 Å². The molecule has 4 heteroatoms. The zero-order valence-corrected chi connectivity index (χ0v) is 7.56. The van der Waals surface area contributed by atoms with Gasteiger partial charge in [-0.15, -0.1) is 0 Å². The Balaban J connectivity index is 2.55. The molecule has 0 saturated heterocycles. The summed E-state index contributed by atoms with van der Waals surface area (Å²) in [6.45, 7) is 3.70. The van der Waals surface area contributed by atoms with Crippen molar-refractivity contribution < 1.29 is 14.6 Å². The van der Waals surface area contributed by atoms with E-state index in [9.17, 15) is 4.79 Å². The average Bonchev–Trinajstić information content (AvgIpc) is 2.53. The SMILES string of the molecule is CCOCCn1cccc1C(=O)O. The molecule has 4 nitrogen and oxygen atoms in total. The Morgan fingerprint density at radius 3 is 3.08 bits per heavy atom. The lowest BCUT2D eigenvalue weighted by atomic mass is 10.4. The fourth-order valence-electron chi connectivity index (χ4n) is 1.11. The number of rotatable bonds is 5. The van der Waals surface area contributed by atoms with Crippen molar-refractivity contribution in [3.05, 3.63) is 24.0 Å². The molecule has 0 aromatic carbocycles. The number of hydrogen-bond acceptors (Lipinski definition) is 2. The second-order valence-electron chi connectivity index (χ2n) is 2.59. The van der Waals surface area contributed by atoms with E-state index >= 15 is 0 Å². The summed E-state index contributed by atoms with van der Waals surface area (Å²) in [7, 11) is 0. The van der Waals surface area contributed by atoms with Crippen molar-refractivity contribution in [2.45, 2.75) is 13.5 Å². The van der Waals surface area contributed by atoms with Crippen LogP contribution in [0.25, 0.3) is 0 Å². The van der Waals surface area contributed by atoms with Crippen molar-refractivity contribution in [1.29, 1.82) is 0 Å². The smallest absolute Gasteiger partial charge is 0.352 e. The van der Waals surface area contributed by atoms with Gasteiger partial charge in [-0.25, -0.2) is 4.79 Å². The Kier molecular flexibility index (Phi) is 3.52. The molecule has 0 aliphatic carbocycles. The van der Waals surface area contributed by atoms with E-state index in [0.717, 1.165) is 0 Å². The maximum Gasteiger partial charge on any atom is 0.352 e. The van der Waals surface area contributed by atoms with Gasteiger partial charge in [-0.05, 0) is 19.1 Å². The molecule has 1 rings (SSSR count). The third kappa shape index (κ3) is 2.59. The van der Waals surface area contributed by atoms with Crippen molar-refractivity contribution in [2.75, 3.05) is 13.2 Å². The number of ether oxygens (including phenoxy) is 1. The molecule has 0 spiro atoms. The Morgan fingerprint density at radius 1 is 1.69 bits per heavy atom. The number of nitrogens with zero attached hydrogens (tertiary/aromatic N) is 1. The van der Waals surface area contributed by atoms with Crippen LogP contribution in [0.3, 0.4) is 0 Å². The van der Waals surface area contributed by atoms with Crippen molar-refractivity contribution >= 4 is 5.97 Å². The van der Waals surface area contributed by atoms with Crippen LogP contribution in [0.15, 0.2) is 18.3 Å². The van der Waals surface area contributed by atoms with Gasteiger partial charge in [0.05, 0.1) is 6.61 Å². The fourth-order valence-corrected chi connectivity index (χ4v) is 1.11. The van der Waals surface area contributed by atoms with Crippen LogP contribution in [-0.2, 0) is 11.3 Å². The molecule has 0 amide bonds. The van der Waals surface area contributed by atoms with Gasteiger partial charge in [0.25, 0.3) is 0 Å². The van der Waals surface area contributed by atoms with Gasteiger partial charge in [0.15, 0.2) is 0 Å². The van der Waals surface area contributed by atoms with E-state index in [2.05, 4.69) is 0 Å². The van der Waals surface area contributed by atoms with E-state index in [1.807, 2.05) is 6.92 Å². The molecule has 0 aliphatic rings. The second-order valence-corrected chi connectivity index (χ2v) is 2.59. The number of hydrogen-bond donors (Lipinski definition) is 1. The molecular weight excluding hydrogens is 170 g/mol. The lowest BCUT2D eigenvalue weighted by Crippen LogP contribution is -2.11. The predicted molar refractivity (Wildman–Crippen MR) is 47.9 cm³/mol. The zero-order valence-electron chi connectivity index (χ0n) is 7.56. The Labute approximate surface area is 76.7 Å². The van der Waals surface area contributed by atoms with Gasteiger partial charge in [0.2, 0.25) is 0 Å². The molecule has 0 atom stereocenters. The summed E-state index contributed by atoms with van der Waals surface area (Å²) in [5, 5.41) is 8.75. The van der Waals surface area contributed by atoms with Crippen LogP contribution in [0.2, 0.25) is 0 Å². The Morgan fingerprint density at radius 2 is 2.46 bits per heavy atom. The second kappa shape index (κ2) is 4.67. The minimum Gasteiger partial charge on any atom is -0.477 e. The van der Waals surface area contributed by atoms with Crippen molar-refractivity contribution in [3.8, 4) is 0 Å². The number of aromatic nitrogens is 1. The molecular formula is C9H13NO3. The Hall–Kier alpha value is -1.29. The molecule has 13 heavy (non-hydrogen) atoms. The van der Waals surface area contributed by atoms with E-state index in [4.69, 9.17) is 9.84 Å². The average molecular weight is 183 g/mol. The van der Waals surface area contributed by atoms with Crippen molar-refractivity contribution in [3.63, 3.8) is 0 Å². The number of carbonyl (C=O) groups is 1. The molecule has 0 aliphatic heterocycles. The first-order valence-corrected chi connectivity index (χ1v) is 4.22. The number of aromatic carboxylic acids is 1. The molecule has 0 radical (unpaired) electrons. The highest BCUT2D eigenvalue weighted by Crippen LogP contribution is 2.01. The standard InChI is InChI=1S/C9H13NO3/c1-2-13-7-6-10-5-3-4-8(10)9(11)12/h3-5H,2,6-7H2,1H3,(H,11,12). The van der Waals surface area contributed by atoms with Crippen LogP contribution in [0.1, 0.15) is 17.4 Å². The summed E-state index contributed by atoms with van der Waals surface area (Å²) in [5.74, 6) is -0.901. The highest BCUT2D eigenvalue weighted by molar-refractivity contribution is 5.85. The van der Waals surface area contributed by atoms with E-state index in [1.54, 1.807) is 22.9 Å². The van der Waals surface area contributed by atoms with Gasteiger partial charge >= 0.3 is 5.97 Å². The van der Waals surface area contributed by atoms with Gasteiger partial charge in [-0.2, -0.15) is 0 Å². The van der Waals surface area contributed by atoms with Gasteiger partial charge in [-0.1, -0.05) is 0 Å². The molecule has 0 unspecified atom stereocenters. The zero-order chi connectivity index (χ0) is 9.68.